The molecule has 1 amide bonds. The summed E-state index contributed by atoms with van der Waals surface area (Å²) in [5.74, 6) is -0.207. The number of benzene rings is 3. The molecule has 0 bridgehead atoms. The standard InChI is InChI=1S/C33H37NO6/c1-4-5-20-39-27-14-10-25(11-15-27)30-29(32(36)33(37)34(30)18-7-19-38-3)31(35)26-12-16-28(17-13-26)40-22-24-9-6-8-23(2)21-24/h6,8-17,21,30,35H,4-5,7,18-20,22H2,1-3H3/b31-29+. The summed E-state index contributed by atoms with van der Waals surface area (Å²) in [6.45, 7) is 5.94. The number of likely N-dealkylation sites (tertiary alicyclic amines) is 1. The first-order valence-electron chi connectivity index (χ1n) is 13.7. The average molecular weight is 544 g/mol. The molecule has 7 nitrogen and oxygen atoms in total. The van der Waals surface area contributed by atoms with Crippen molar-refractivity contribution in [1.29, 1.82) is 0 Å². The lowest BCUT2D eigenvalue weighted by atomic mass is 9.95. The minimum absolute atomic E-state index is 0.0653. The van der Waals surface area contributed by atoms with Gasteiger partial charge in [0, 0.05) is 25.8 Å². The topological polar surface area (TPSA) is 85.3 Å². The zero-order chi connectivity index (χ0) is 28.5. The van der Waals surface area contributed by atoms with Crippen LogP contribution in [0.4, 0.5) is 0 Å². The molecule has 40 heavy (non-hydrogen) atoms. The number of aryl methyl sites for hydroxylation is 1. The zero-order valence-corrected chi connectivity index (χ0v) is 23.4. The van der Waals surface area contributed by atoms with E-state index in [1.54, 1.807) is 31.4 Å². The highest BCUT2D eigenvalue weighted by atomic mass is 16.5. The third-order valence-corrected chi connectivity index (χ3v) is 6.87. The van der Waals surface area contributed by atoms with Crippen molar-refractivity contribution in [3.8, 4) is 11.5 Å². The molecule has 0 saturated carbocycles. The van der Waals surface area contributed by atoms with Crippen molar-refractivity contribution in [2.45, 2.75) is 45.8 Å². The number of hydrogen-bond acceptors (Lipinski definition) is 6. The van der Waals surface area contributed by atoms with Gasteiger partial charge in [0.1, 0.15) is 23.9 Å². The number of unbranched alkanes of at least 4 members (excludes halogenated alkanes) is 1. The number of aliphatic hydroxyl groups is 1. The molecule has 1 heterocycles. The Labute approximate surface area is 236 Å². The maximum Gasteiger partial charge on any atom is 0.295 e. The van der Waals surface area contributed by atoms with Crippen molar-refractivity contribution >= 4 is 17.4 Å². The summed E-state index contributed by atoms with van der Waals surface area (Å²) < 4.78 is 16.9. The van der Waals surface area contributed by atoms with E-state index in [4.69, 9.17) is 14.2 Å². The largest absolute Gasteiger partial charge is 0.507 e. The van der Waals surface area contributed by atoms with Gasteiger partial charge in [0.25, 0.3) is 11.7 Å². The van der Waals surface area contributed by atoms with Gasteiger partial charge < -0.3 is 24.2 Å². The van der Waals surface area contributed by atoms with Crippen molar-refractivity contribution in [3.63, 3.8) is 0 Å². The smallest absolute Gasteiger partial charge is 0.295 e. The van der Waals surface area contributed by atoms with Crippen LogP contribution >= 0.6 is 0 Å². The van der Waals surface area contributed by atoms with Crippen LogP contribution in [0.15, 0.2) is 78.4 Å². The Bertz CT molecular complexity index is 1330. The number of methoxy groups -OCH3 is 1. The van der Waals surface area contributed by atoms with Gasteiger partial charge in [0.05, 0.1) is 18.2 Å². The molecule has 3 aromatic carbocycles. The van der Waals surface area contributed by atoms with Crippen LogP contribution in [-0.2, 0) is 20.9 Å². The number of rotatable bonds is 13. The predicted molar refractivity (Wildman–Crippen MR) is 154 cm³/mol. The minimum Gasteiger partial charge on any atom is -0.507 e. The molecule has 1 unspecified atom stereocenters. The van der Waals surface area contributed by atoms with Crippen LogP contribution in [0.25, 0.3) is 5.76 Å². The second kappa shape index (κ2) is 13.8. The Morgan fingerprint density at radius 1 is 0.900 bits per heavy atom. The number of carbonyl (C=O) groups excluding carboxylic acids is 2. The highest BCUT2D eigenvalue weighted by Gasteiger charge is 2.45. The molecule has 4 rings (SSSR count). The van der Waals surface area contributed by atoms with E-state index in [2.05, 4.69) is 13.0 Å². The molecule has 1 aliphatic rings. The van der Waals surface area contributed by atoms with Crippen molar-refractivity contribution < 1.29 is 28.9 Å². The second-order valence-corrected chi connectivity index (χ2v) is 9.91. The normalized spacial score (nSPS) is 16.4. The molecule has 1 aliphatic heterocycles. The first-order chi connectivity index (χ1) is 19.4. The first kappa shape index (κ1) is 28.9. The van der Waals surface area contributed by atoms with Gasteiger partial charge >= 0.3 is 0 Å². The fraction of sp³-hybridized carbons (Fsp3) is 0.333. The monoisotopic (exact) mass is 543 g/mol. The molecule has 0 radical (unpaired) electrons. The number of aliphatic hydroxyl groups excluding tert-OH is 1. The van der Waals surface area contributed by atoms with Crippen molar-refractivity contribution in [1.82, 2.24) is 4.90 Å². The summed E-state index contributed by atoms with van der Waals surface area (Å²) in [4.78, 5) is 27.9. The molecule has 0 aromatic heterocycles. The molecule has 1 N–H and O–H groups in total. The molecule has 3 aromatic rings. The number of hydrogen-bond donors (Lipinski definition) is 1. The number of ether oxygens (including phenoxy) is 3. The van der Waals surface area contributed by atoms with Gasteiger partial charge in [0.15, 0.2) is 0 Å². The summed E-state index contributed by atoms with van der Waals surface area (Å²) in [5, 5.41) is 11.3. The second-order valence-electron chi connectivity index (χ2n) is 9.91. The fourth-order valence-electron chi connectivity index (χ4n) is 4.75. The van der Waals surface area contributed by atoms with Gasteiger partial charge in [-0.2, -0.15) is 0 Å². The molecule has 210 valence electrons. The highest BCUT2D eigenvalue weighted by Crippen LogP contribution is 2.40. The maximum atomic E-state index is 13.3. The lowest BCUT2D eigenvalue weighted by Crippen LogP contribution is -2.31. The Kier molecular flexibility index (Phi) is 9.97. The van der Waals surface area contributed by atoms with E-state index in [1.165, 1.54) is 4.90 Å². The molecular weight excluding hydrogens is 506 g/mol. The summed E-state index contributed by atoms with van der Waals surface area (Å²) in [6.07, 6.45) is 2.55. The van der Waals surface area contributed by atoms with Gasteiger partial charge in [-0.1, -0.05) is 55.3 Å². The van der Waals surface area contributed by atoms with Crippen LogP contribution < -0.4 is 9.47 Å². The molecule has 1 saturated heterocycles. The third kappa shape index (κ3) is 6.90. The number of nitrogens with zero attached hydrogens (tertiary/aromatic N) is 1. The summed E-state index contributed by atoms with van der Waals surface area (Å²) >= 11 is 0. The number of carbonyl (C=O) groups is 2. The van der Waals surface area contributed by atoms with Gasteiger partial charge in [-0.05, 0) is 67.3 Å². The SMILES string of the molecule is CCCCOc1ccc(C2/C(=C(\O)c3ccc(OCc4cccc(C)c4)cc3)C(=O)C(=O)N2CCCOC)cc1. The third-order valence-electron chi connectivity index (χ3n) is 6.87. The van der Waals surface area contributed by atoms with Crippen molar-refractivity contribution in [3.05, 3.63) is 101 Å². The van der Waals surface area contributed by atoms with Crippen LogP contribution in [0.1, 0.15) is 54.5 Å². The Morgan fingerprint density at radius 2 is 1.60 bits per heavy atom. The lowest BCUT2D eigenvalue weighted by Gasteiger charge is -2.25. The quantitative estimate of drug-likeness (QED) is 0.119. The van der Waals surface area contributed by atoms with Gasteiger partial charge in [-0.3, -0.25) is 9.59 Å². The van der Waals surface area contributed by atoms with Crippen LogP contribution in [-0.4, -0.2) is 48.6 Å². The van der Waals surface area contributed by atoms with E-state index in [0.29, 0.717) is 44.1 Å². The van der Waals surface area contributed by atoms with E-state index in [-0.39, 0.29) is 11.3 Å². The van der Waals surface area contributed by atoms with E-state index in [9.17, 15) is 14.7 Å². The van der Waals surface area contributed by atoms with Crippen molar-refractivity contribution in [2.24, 2.45) is 0 Å². The Balaban J connectivity index is 1.60. The van der Waals surface area contributed by atoms with Crippen LogP contribution in [0.3, 0.4) is 0 Å². The van der Waals surface area contributed by atoms with Gasteiger partial charge in [0.2, 0.25) is 0 Å². The van der Waals surface area contributed by atoms with Crippen LogP contribution in [0.5, 0.6) is 11.5 Å². The highest BCUT2D eigenvalue weighted by molar-refractivity contribution is 6.46. The molecule has 7 heteroatoms. The maximum absolute atomic E-state index is 13.3. The Morgan fingerprint density at radius 3 is 2.27 bits per heavy atom. The Hall–Kier alpha value is -4.10. The fourth-order valence-corrected chi connectivity index (χ4v) is 4.75. The lowest BCUT2D eigenvalue weighted by molar-refractivity contribution is -0.140. The predicted octanol–water partition coefficient (Wildman–Crippen LogP) is 6.21. The van der Waals surface area contributed by atoms with E-state index >= 15 is 0 Å². The molecule has 1 fully saturated rings. The zero-order valence-electron chi connectivity index (χ0n) is 23.4. The van der Waals surface area contributed by atoms with Gasteiger partial charge in [-0.15, -0.1) is 0 Å². The molecule has 0 aliphatic carbocycles. The summed E-state index contributed by atoms with van der Waals surface area (Å²) in [5.41, 5.74) is 3.44. The number of amides is 1. The number of ketones is 1. The first-order valence-corrected chi connectivity index (χ1v) is 13.7. The summed E-state index contributed by atoms with van der Waals surface area (Å²) in [7, 11) is 1.59. The van der Waals surface area contributed by atoms with Crippen LogP contribution in [0, 0.1) is 6.92 Å². The molecule has 1 atom stereocenters. The molecular formula is C33H37NO6. The van der Waals surface area contributed by atoms with Crippen molar-refractivity contribution in [2.75, 3.05) is 26.9 Å². The van der Waals surface area contributed by atoms with Crippen LogP contribution in [0.2, 0.25) is 0 Å². The molecule has 0 spiro atoms. The summed E-state index contributed by atoms with van der Waals surface area (Å²) in [6, 6.07) is 21.6. The van der Waals surface area contributed by atoms with E-state index in [1.807, 2.05) is 49.4 Å². The number of Topliss-reactive ketones (excluding diaryl/α,β-unsaturated/α-hetero) is 1. The van der Waals surface area contributed by atoms with E-state index in [0.717, 1.165) is 35.3 Å². The van der Waals surface area contributed by atoms with E-state index < -0.39 is 17.7 Å². The minimum atomic E-state index is -0.723. The van der Waals surface area contributed by atoms with Gasteiger partial charge in [-0.25, -0.2) is 0 Å². The average Bonchev–Trinajstić information content (AvgIpc) is 3.22.